The number of phenolic OH excluding ortho intramolecular Hbond substituents is 2. The van der Waals surface area contributed by atoms with Crippen molar-refractivity contribution in [1.82, 2.24) is 0 Å². The Morgan fingerprint density at radius 2 is 2.13 bits per heavy atom. The lowest BCUT2D eigenvalue weighted by molar-refractivity contribution is -0.120. The van der Waals surface area contributed by atoms with Crippen molar-refractivity contribution in [2.75, 3.05) is 0 Å². The van der Waals surface area contributed by atoms with Crippen molar-refractivity contribution in [2.45, 2.75) is 19.0 Å². The quantitative estimate of drug-likeness (QED) is 0.534. The Bertz CT molecular complexity index is 558. The van der Waals surface area contributed by atoms with Crippen LogP contribution in [-0.2, 0) is 4.79 Å². The van der Waals surface area contributed by atoms with E-state index in [1.165, 1.54) is 0 Å². The molecule has 0 aliphatic heterocycles. The normalized spacial score (nSPS) is 23.5. The molecule has 1 aromatic carbocycles. The molecule has 0 heterocycles. The van der Waals surface area contributed by atoms with Crippen molar-refractivity contribution in [3.8, 4) is 11.5 Å². The van der Waals surface area contributed by atoms with Crippen LogP contribution in [0.4, 0.5) is 0 Å². The van der Waals surface area contributed by atoms with Gasteiger partial charge < -0.3 is 21.1 Å². The highest BCUT2D eigenvalue weighted by Gasteiger charge is 2.21. The van der Waals surface area contributed by atoms with Crippen LogP contribution in [0.1, 0.15) is 25.4 Å². The average Bonchev–Trinajstić information content (AvgIpc) is 2.33. The maximum atomic E-state index is 11.3. The van der Waals surface area contributed by atoms with Crippen LogP contribution in [-0.4, -0.2) is 27.1 Å². The van der Waals surface area contributed by atoms with Crippen LogP contribution < -0.4 is 5.73 Å². The van der Waals surface area contributed by atoms with Gasteiger partial charge in [0.25, 0.3) is 0 Å². The minimum Gasteiger partial charge on any atom is -0.504 e. The lowest BCUT2D eigenvalue weighted by Gasteiger charge is -2.16. The first-order valence-electron chi connectivity index (χ1n) is 6.41. The number of phenols is 2. The molecule has 0 saturated heterocycles. The minimum absolute atomic E-state index is 0.835. The largest absolute Gasteiger partial charge is 0.504 e. The monoisotopic (exact) mass is 216 g/mol. The zero-order chi connectivity index (χ0) is 16.0. The molecule has 15 heavy (non-hydrogen) atoms. The van der Waals surface area contributed by atoms with Gasteiger partial charge in [0.2, 0.25) is 0 Å². The molecule has 1 aromatic rings. The third-order valence-electron chi connectivity index (χ3n) is 1.64. The van der Waals surface area contributed by atoms with Crippen LogP contribution in [0.25, 0.3) is 0 Å². The van der Waals surface area contributed by atoms with Gasteiger partial charge in [0.1, 0.15) is 11.9 Å². The van der Waals surface area contributed by atoms with Gasteiger partial charge in [-0.25, -0.2) is 0 Å². The van der Waals surface area contributed by atoms with Crippen LogP contribution in [0.3, 0.4) is 0 Å². The summed E-state index contributed by atoms with van der Waals surface area (Å²) in [5, 5.41) is 28.7. The summed E-state index contributed by atoms with van der Waals surface area (Å²) >= 11 is 0. The molecule has 82 valence electrons. The molecule has 0 radical (unpaired) electrons. The second kappa shape index (κ2) is 4.29. The fourth-order valence-electron chi connectivity index (χ4n) is 0.810. The van der Waals surface area contributed by atoms with Gasteiger partial charge in [-0.15, -0.1) is 0 Å². The topological polar surface area (TPSA) is 104 Å². The lowest BCUT2D eigenvalue weighted by Crippen LogP contribution is -2.35. The van der Waals surface area contributed by atoms with Crippen LogP contribution >= 0.6 is 0 Å². The minimum atomic E-state index is -3.26. The van der Waals surface area contributed by atoms with Crippen molar-refractivity contribution in [2.24, 2.45) is 5.73 Å². The van der Waals surface area contributed by atoms with Gasteiger partial charge in [-0.05, 0) is 24.6 Å². The molecular weight excluding hydrogens is 198 g/mol. The highest BCUT2D eigenvalue weighted by molar-refractivity contribution is 5.82. The number of aliphatic hydroxyl groups is 1. The van der Waals surface area contributed by atoms with E-state index in [9.17, 15) is 20.1 Å². The number of hydrogen-bond acceptors (Lipinski definition) is 5. The molecule has 0 fully saturated rings. The SMILES string of the molecule is [2H]c1c([2H])c([C@]([2H])(O)[C@@]([2H])(N)C(C)=O)c([2H])c(O)c1O. The first kappa shape index (κ1) is 6.09. The number of hydrogen-bond donors (Lipinski definition) is 4. The smallest absolute Gasteiger partial charge is 0.157 e. The van der Waals surface area contributed by atoms with E-state index >= 15 is 0 Å². The molecule has 0 aromatic heterocycles. The predicted molar refractivity (Wildman–Crippen MR) is 53.4 cm³/mol. The van der Waals surface area contributed by atoms with Gasteiger partial charge in [0.05, 0.1) is 12.9 Å². The molecule has 2 atom stereocenters. The molecule has 0 spiro atoms. The molecular formula is C10H13NO4. The number of carbonyl (C=O) groups is 1. The summed E-state index contributed by atoms with van der Waals surface area (Å²) in [6, 6.07) is -5.91. The Morgan fingerprint density at radius 3 is 2.67 bits per heavy atom. The number of benzene rings is 1. The lowest BCUT2D eigenvalue weighted by atomic mass is 10.00. The first-order valence-corrected chi connectivity index (χ1v) is 3.91. The van der Waals surface area contributed by atoms with Crippen molar-refractivity contribution < 1.29 is 27.0 Å². The molecule has 0 amide bonds. The van der Waals surface area contributed by atoms with Gasteiger partial charge in [-0.1, -0.05) is 6.04 Å². The van der Waals surface area contributed by atoms with Crippen LogP contribution in [0.2, 0.25) is 0 Å². The summed E-state index contributed by atoms with van der Waals surface area (Å²) in [4.78, 5) is 11.3. The summed E-state index contributed by atoms with van der Waals surface area (Å²) in [6.45, 7) is 0.835. The van der Waals surface area contributed by atoms with E-state index in [2.05, 4.69) is 0 Å². The summed E-state index contributed by atoms with van der Waals surface area (Å²) in [5.74, 6) is -3.34. The maximum absolute atomic E-state index is 11.3. The number of carbonyl (C=O) groups excluding carboxylic acids is 1. The third kappa shape index (κ3) is 2.45. The van der Waals surface area contributed by atoms with Crippen LogP contribution in [0.15, 0.2) is 18.1 Å². The zero-order valence-electron chi connectivity index (χ0n) is 12.8. The Balaban J connectivity index is 3.76. The van der Waals surface area contributed by atoms with E-state index in [0.717, 1.165) is 6.92 Å². The molecule has 5 nitrogen and oxygen atoms in total. The molecule has 0 aliphatic rings. The molecule has 0 unspecified atom stereocenters. The Hall–Kier alpha value is -1.59. The Kier molecular flexibility index (Phi) is 1.74. The van der Waals surface area contributed by atoms with Crippen molar-refractivity contribution in [3.05, 3.63) is 23.7 Å². The molecule has 0 aliphatic carbocycles. The number of Topliss-reactive ketones (excluding diaryl/α,β-unsaturated/α-hetero) is 1. The fourth-order valence-corrected chi connectivity index (χ4v) is 0.810. The highest BCUT2D eigenvalue weighted by atomic mass is 16.3. The predicted octanol–water partition coefficient (Wildman–Crippen LogP) is 0.0475. The molecule has 0 saturated carbocycles. The van der Waals surface area contributed by atoms with Gasteiger partial charge in [-0.2, -0.15) is 0 Å². The number of ketones is 1. The van der Waals surface area contributed by atoms with Crippen molar-refractivity contribution in [1.29, 1.82) is 0 Å². The van der Waals surface area contributed by atoms with E-state index in [4.69, 9.17) is 12.6 Å². The van der Waals surface area contributed by atoms with Crippen LogP contribution in [0.5, 0.6) is 11.5 Å². The van der Waals surface area contributed by atoms with E-state index in [-0.39, 0.29) is 0 Å². The fraction of sp³-hybridized carbons (Fsp3) is 0.300. The zero-order valence-corrected chi connectivity index (χ0v) is 7.83. The summed E-state index contributed by atoms with van der Waals surface area (Å²) in [5.41, 5.74) is 4.24. The maximum Gasteiger partial charge on any atom is 0.157 e. The summed E-state index contributed by atoms with van der Waals surface area (Å²) in [7, 11) is 0. The van der Waals surface area contributed by atoms with Crippen LogP contribution in [0, 0.1) is 0 Å². The number of rotatable bonds is 3. The third-order valence-corrected chi connectivity index (χ3v) is 1.64. The standard InChI is InChI=1S/C10H13NO4/c1-5(12)9(11)10(15)6-2-3-7(13)8(14)4-6/h2-4,9-10,13-15H,11H2,1H3/t9-,10-/m0/s1/i2D,3D,4D,9D,10D. The van der Waals surface area contributed by atoms with Gasteiger partial charge in [0.15, 0.2) is 11.5 Å². The Labute approximate surface area is 93.8 Å². The molecule has 0 bridgehead atoms. The highest BCUT2D eigenvalue weighted by Crippen LogP contribution is 2.28. The number of aromatic hydroxyl groups is 2. The second-order valence-corrected chi connectivity index (χ2v) is 2.77. The molecule has 5 N–H and O–H groups in total. The molecule has 1 rings (SSSR count). The summed E-state index contributed by atoms with van der Waals surface area (Å²) in [6.07, 6.45) is -3.26. The number of nitrogens with two attached hydrogens (primary N) is 1. The van der Waals surface area contributed by atoms with Gasteiger partial charge >= 0.3 is 0 Å². The average molecular weight is 216 g/mol. The van der Waals surface area contributed by atoms with E-state index < -0.39 is 53.1 Å². The van der Waals surface area contributed by atoms with E-state index in [0.29, 0.717) is 0 Å². The van der Waals surface area contributed by atoms with Gasteiger partial charge in [0, 0.05) is 0 Å². The van der Waals surface area contributed by atoms with E-state index in [1.807, 2.05) is 0 Å². The second-order valence-electron chi connectivity index (χ2n) is 2.77. The summed E-state index contributed by atoms with van der Waals surface area (Å²) < 4.78 is 37.6. The van der Waals surface area contributed by atoms with Gasteiger partial charge in [-0.3, -0.25) is 4.79 Å². The van der Waals surface area contributed by atoms with E-state index in [1.54, 1.807) is 0 Å². The Morgan fingerprint density at radius 1 is 1.53 bits per heavy atom. The van der Waals surface area contributed by atoms with Crippen molar-refractivity contribution in [3.63, 3.8) is 0 Å². The van der Waals surface area contributed by atoms with Crippen molar-refractivity contribution >= 4 is 5.78 Å². The molecule has 5 heteroatoms. The first-order chi connectivity index (χ1) is 8.87.